The Balaban J connectivity index is 2.06. The molecule has 0 saturated carbocycles. The van der Waals surface area contributed by atoms with Gasteiger partial charge in [0.25, 0.3) is 0 Å². The third kappa shape index (κ3) is 6.07. The van der Waals surface area contributed by atoms with Crippen LogP contribution >= 0.6 is 0 Å². The van der Waals surface area contributed by atoms with E-state index in [1.807, 2.05) is 13.8 Å². The summed E-state index contributed by atoms with van der Waals surface area (Å²) in [7, 11) is -3.50. The summed E-state index contributed by atoms with van der Waals surface area (Å²) in [6.45, 7) is 10.1. The molecule has 6 nitrogen and oxygen atoms in total. The molecule has 0 aromatic heterocycles. The lowest BCUT2D eigenvalue weighted by atomic mass is 10.2. The second-order valence-corrected chi connectivity index (χ2v) is 9.00. The minimum Gasteiger partial charge on any atom is -0.376 e. The van der Waals surface area contributed by atoms with E-state index < -0.39 is 10.0 Å². The van der Waals surface area contributed by atoms with Crippen molar-refractivity contribution >= 4 is 21.6 Å². The fourth-order valence-electron chi connectivity index (χ4n) is 3.19. The Morgan fingerprint density at radius 3 is 2.48 bits per heavy atom. The maximum atomic E-state index is 12.9. The molecule has 1 saturated heterocycles. The molecule has 0 atom stereocenters. The van der Waals surface area contributed by atoms with Crippen molar-refractivity contribution in [3.63, 3.8) is 0 Å². The van der Waals surface area contributed by atoms with Crippen LogP contribution in [0.5, 0.6) is 0 Å². The monoisotopic (exact) mass is 393 g/mol. The lowest BCUT2D eigenvalue weighted by molar-refractivity contribution is -0.128. The Morgan fingerprint density at radius 2 is 1.89 bits per heavy atom. The topological polar surface area (TPSA) is 69.7 Å². The highest BCUT2D eigenvalue weighted by Gasteiger charge is 2.25. The van der Waals surface area contributed by atoms with Gasteiger partial charge in [0.15, 0.2) is 0 Å². The molecule has 1 N–H and O–H groups in total. The number of benzene rings is 1. The molecule has 1 fully saturated rings. The SMILES string of the molecule is C=C(C)CN(CC)C(=O)CNc1cccc(S(=O)(=O)N2CCCCCC2)c1. The predicted molar refractivity (Wildman–Crippen MR) is 109 cm³/mol. The average molecular weight is 394 g/mol. The Labute approximate surface area is 163 Å². The third-order valence-electron chi connectivity index (χ3n) is 4.68. The summed E-state index contributed by atoms with van der Waals surface area (Å²) in [5.41, 5.74) is 1.56. The minimum absolute atomic E-state index is 0.0405. The highest BCUT2D eigenvalue weighted by molar-refractivity contribution is 7.89. The predicted octanol–water partition coefficient (Wildman–Crippen LogP) is 3.09. The first-order valence-electron chi connectivity index (χ1n) is 9.61. The second-order valence-electron chi connectivity index (χ2n) is 7.06. The van der Waals surface area contributed by atoms with Gasteiger partial charge < -0.3 is 10.2 Å². The smallest absolute Gasteiger partial charge is 0.243 e. The molecular formula is C20H31N3O3S. The van der Waals surface area contributed by atoms with Crippen LogP contribution in [0.3, 0.4) is 0 Å². The van der Waals surface area contributed by atoms with Crippen LogP contribution in [0.4, 0.5) is 5.69 Å². The molecule has 0 unspecified atom stereocenters. The second kappa shape index (κ2) is 9.90. The van der Waals surface area contributed by atoms with Gasteiger partial charge in [0.05, 0.1) is 11.4 Å². The van der Waals surface area contributed by atoms with Gasteiger partial charge in [0.1, 0.15) is 0 Å². The van der Waals surface area contributed by atoms with E-state index in [1.165, 1.54) is 0 Å². The molecule has 1 aromatic rings. The van der Waals surface area contributed by atoms with Crippen molar-refractivity contribution in [1.82, 2.24) is 9.21 Å². The fraction of sp³-hybridized carbons (Fsp3) is 0.550. The largest absolute Gasteiger partial charge is 0.376 e. The van der Waals surface area contributed by atoms with Gasteiger partial charge >= 0.3 is 0 Å². The van der Waals surface area contributed by atoms with Crippen LogP contribution < -0.4 is 5.32 Å². The van der Waals surface area contributed by atoms with Crippen molar-refractivity contribution < 1.29 is 13.2 Å². The zero-order chi connectivity index (χ0) is 19.9. The molecule has 150 valence electrons. The fourth-order valence-corrected chi connectivity index (χ4v) is 4.75. The van der Waals surface area contributed by atoms with Crippen LogP contribution in [-0.4, -0.2) is 56.3 Å². The molecule has 0 aliphatic carbocycles. The number of anilines is 1. The maximum absolute atomic E-state index is 12.9. The van der Waals surface area contributed by atoms with E-state index in [-0.39, 0.29) is 17.3 Å². The molecule has 1 aromatic carbocycles. The molecule has 1 aliphatic heterocycles. The summed E-state index contributed by atoms with van der Waals surface area (Å²) >= 11 is 0. The Hall–Kier alpha value is -1.86. The normalized spacial score (nSPS) is 15.8. The Morgan fingerprint density at radius 1 is 1.22 bits per heavy atom. The summed E-state index contributed by atoms with van der Waals surface area (Å²) in [5.74, 6) is -0.0405. The van der Waals surface area contributed by atoms with Gasteiger partial charge in [-0.25, -0.2) is 8.42 Å². The number of likely N-dealkylation sites (N-methyl/N-ethyl adjacent to an activating group) is 1. The molecule has 0 bridgehead atoms. The number of carbonyl (C=O) groups excluding carboxylic acids is 1. The van der Waals surface area contributed by atoms with Gasteiger partial charge in [-0.15, -0.1) is 0 Å². The maximum Gasteiger partial charge on any atom is 0.243 e. The number of nitrogens with zero attached hydrogens (tertiary/aromatic N) is 2. The van der Waals surface area contributed by atoms with Crippen LogP contribution in [0.1, 0.15) is 39.5 Å². The summed E-state index contributed by atoms with van der Waals surface area (Å²) in [4.78, 5) is 14.3. The zero-order valence-corrected chi connectivity index (χ0v) is 17.2. The van der Waals surface area contributed by atoms with Crippen molar-refractivity contribution in [2.45, 2.75) is 44.4 Å². The number of hydrogen-bond donors (Lipinski definition) is 1. The molecule has 2 rings (SSSR count). The molecular weight excluding hydrogens is 362 g/mol. The van der Waals surface area contributed by atoms with Crippen LogP contribution in [0.25, 0.3) is 0 Å². The first-order chi connectivity index (χ1) is 12.8. The number of carbonyl (C=O) groups is 1. The number of rotatable bonds is 8. The minimum atomic E-state index is -3.50. The average Bonchev–Trinajstić information content (AvgIpc) is 2.94. The number of amides is 1. The molecule has 0 spiro atoms. The Kier molecular flexibility index (Phi) is 7.86. The summed E-state index contributed by atoms with van der Waals surface area (Å²) in [6.07, 6.45) is 3.96. The lowest BCUT2D eigenvalue weighted by Crippen LogP contribution is -2.36. The van der Waals surface area contributed by atoms with E-state index in [4.69, 9.17) is 0 Å². The van der Waals surface area contributed by atoms with Gasteiger partial charge in [-0.2, -0.15) is 4.31 Å². The highest BCUT2D eigenvalue weighted by atomic mass is 32.2. The van der Waals surface area contributed by atoms with Gasteiger partial charge in [-0.3, -0.25) is 4.79 Å². The molecule has 1 heterocycles. The van der Waals surface area contributed by atoms with Gasteiger partial charge in [0.2, 0.25) is 15.9 Å². The van der Waals surface area contributed by atoms with E-state index in [0.29, 0.717) is 31.9 Å². The molecule has 27 heavy (non-hydrogen) atoms. The van der Waals surface area contributed by atoms with Crippen molar-refractivity contribution in [1.29, 1.82) is 0 Å². The lowest BCUT2D eigenvalue weighted by Gasteiger charge is -2.22. The summed E-state index contributed by atoms with van der Waals surface area (Å²) in [6, 6.07) is 6.72. The summed E-state index contributed by atoms with van der Waals surface area (Å²) < 4.78 is 27.4. The van der Waals surface area contributed by atoms with Crippen LogP contribution in [-0.2, 0) is 14.8 Å². The molecule has 1 amide bonds. The van der Waals surface area contributed by atoms with E-state index in [2.05, 4.69) is 11.9 Å². The number of hydrogen-bond acceptors (Lipinski definition) is 4. The van der Waals surface area contributed by atoms with E-state index in [0.717, 1.165) is 31.3 Å². The number of sulfonamides is 1. The van der Waals surface area contributed by atoms with Gasteiger partial charge in [-0.05, 0) is 44.9 Å². The quantitative estimate of drug-likeness (QED) is 0.689. The first-order valence-corrected chi connectivity index (χ1v) is 11.0. The molecule has 1 aliphatic rings. The summed E-state index contributed by atoms with van der Waals surface area (Å²) in [5, 5.41) is 3.06. The first kappa shape index (κ1) is 21.4. The van der Waals surface area contributed by atoms with Gasteiger partial charge in [0, 0.05) is 31.9 Å². The van der Waals surface area contributed by atoms with Gasteiger partial charge in [-0.1, -0.05) is 31.1 Å². The molecule has 7 heteroatoms. The Bertz CT molecular complexity index is 753. The van der Waals surface area contributed by atoms with Crippen LogP contribution in [0.15, 0.2) is 41.3 Å². The molecule has 0 radical (unpaired) electrons. The number of nitrogens with one attached hydrogen (secondary N) is 1. The van der Waals surface area contributed by atoms with Crippen molar-refractivity contribution in [2.75, 3.05) is 38.0 Å². The highest BCUT2D eigenvalue weighted by Crippen LogP contribution is 2.22. The van der Waals surface area contributed by atoms with Crippen LogP contribution in [0.2, 0.25) is 0 Å². The van der Waals surface area contributed by atoms with Crippen molar-refractivity contribution in [3.05, 3.63) is 36.4 Å². The zero-order valence-electron chi connectivity index (χ0n) is 16.4. The van der Waals surface area contributed by atoms with Crippen LogP contribution in [0, 0.1) is 0 Å². The van der Waals surface area contributed by atoms with E-state index >= 15 is 0 Å². The van der Waals surface area contributed by atoms with Crippen molar-refractivity contribution in [3.8, 4) is 0 Å². The third-order valence-corrected chi connectivity index (χ3v) is 6.57. The standard InChI is InChI=1S/C20H31N3O3S/c1-4-22(16-17(2)3)20(24)15-21-18-10-9-11-19(14-18)27(25,26)23-12-7-5-6-8-13-23/h9-11,14,21H,2,4-8,12-13,15-16H2,1,3H3. The van der Waals surface area contributed by atoms with E-state index in [9.17, 15) is 13.2 Å². The van der Waals surface area contributed by atoms with E-state index in [1.54, 1.807) is 33.5 Å². The van der Waals surface area contributed by atoms with Crippen molar-refractivity contribution in [2.24, 2.45) is 0 Å².